The Bertz CT molecular complexity index is 1530. The van der Waals surface area contributed by atoms with Crippen LogP contribution in [0.3, 0.4) is 0 Å². The molecule has 0 aliphatic rings. The summed E-state index contributed by atoms with van der Waals surface area (Å²) in [6.07, 6.45) is 1.10. The van der Waals surface area contributed by atoms with Gasteiger partial charge < -0.3 is 20.2 Å². The molecule has 3 N–H and O–H groups in total. The molecule has 2 amide bonds. The van der Waals surface area contributed by atoms with Crippen molar-refractivity contribution in [2.75, 3.05) is 5.32 Å². The average molecular weight is 492 g/mol. The van der Waals surface area contributed by atoms with E-state index in [1.165, 1.54) is 46.2 Å². The molecule has 0 atom stereocenters. The molecule has 4 aromatic rings. The van der Waals surface area contributed by atoms with Gasteiger partial charge in [-0.05, 0) is 48.7 Å². The molecule has 2 heterocycles. The van der Waals surface area contributed by atoms with Gasteiger partial charge in [0.1, 0.15) is 5.69 Å². The Morgan fingerprint density at radius 2 is 1.89 bits per heavy atom. The Morgan fingerprint density at radius 1 is 1.11 bits per heavy atom. The number of benzene rings is 2. The van der Waals surface area contributed by atoms with Crippen molar-refractivity contribution in [2.24, 2.45) is 12.8 Å². The maximum absolute atomic E-state index is 13.5. The average Bonchev–Trinajstić information content (AvgIpc) is 3.48. The minimum Gasteiger partial charge on any atom is -0.363 e. The highest BCUT2D eigenvalue weighted by atomic mass is 19.4. The zero-order chi connectivity index (χ0) is 26.0. The van der Waals surface area contributed by atoms with Crippen molar-refractivity contribution in [1.29, 1.82) is 0 Å². The molecule has 2 aromatic heterocycles. The summed E-state index contributed by atoms with van der Waals surface area (Å²) in [7, 11) is 1.60. The van der Waals surface area contributed by atoms with Crippen LogP contribution in [0.5, 0.6) is 0 Å². The van der Waals surface area contributed by atoms with E-state index in [0.717, 1.165) is 17.7 Å². The number of carbonyl (C=O) groups is 2. The summed E-state index contributed by atoms with van der Waals surface area (Å²) in [4.78, 5) is 32.1. The summed E-state index contributed by atoms with van der Waals surface area (Å²) in [5.74, 6) is 4.58. The number of carbonyl (C=O) groups excluding carboxylic acids is 2. The molecular weight excluding hydrogens is 473 g/mol. The number of nitrogens with zero attached hydrogens (tertiary/aromatic N) is 4. The van der Waals surface area contributed by atoms with Crippen LogP contribution >= 0.6 is 0 Å². The number of aromatic nitrogens is 4. The summed E-state index contributed by atoms with van der Waals surface area (Å²) in [6, 6.07) is 8.02. The lowest BCUT2D eigenvalue weighted by Gasteiger charge is -2.14. The largest absolute Gasteiger partial charge is 0.416 e. The van der Waals surface area contributed by atoms with E-state index in [-0.39, 0.29) is 22.8 Å². The van der Waals surface area contributed by atoms with Crippen LogP contribution in [0.4, 0.5) is 18.9 Å². The highest BCUT2D eigenvalue weighted by Gasteiger charge is 2.31. The van der Waals surface area contributed by atoms with Gasteiger partial charge in [-0.15, -0.1) is 0 Å². The Hall–Kier alpha value is -4.85. The van der Waals surface area contributed by atoms with Gasteiger partial charge in [-0.3, -0.25) is 9.59 Å². The molecule has 8 nitrogen and oxygen atoms in total. The van der Waals surface area contributed by atoms with Gasteiger partial charge in [0.25, 0.3) is 11.8 Å². The number of nitrogens with two attached hydrogens (primary N) is 1. The van der Waals surface area contributed by atoms with Crippen molar-refractivity contribution in [2.45, 2.75) is 13.1 Å². The van der Waals surface area contributed by atoms with Gasteiger partial charge >= 0.3 is 6.18 Å². The number of primary amides is 1. The molecule has 0 spiro atoms. The van der Waals surface area contributed by atoms with E-state index in [9.17, 15) is 22.8 Å². The number of anilines is 1. The van der Waals surface area contributed by atoms with Crippen LogP contribution in [0.15, 0.2) is 61.3 Å². The second-order valence-corrected chi connectivity index (χ2v) is 7.86. The van der Waals surface area contributed by atoms with Crippen molar-refractivity contribution in [3.63, 3.8) is 0 Å². The Labute approximate surface area is 203 Å². The van der Waals surface area contributed by atoms with E-state index in [4.69, 9.17) is 5.73 Å². The number of hydrogen-bond donors (Lipinski definition) is 2. The summed E-state index contributed by atoms with van der Waals surface area (Å²) in [5.41, 5.74) is 6.46. The SMILES string of the molecule is Cc1ccc(C(=O)Nc2cc(-n3ccnc3)cc(C(F)(F)F)c2)cc1C#Cc1cnc(C(N)=O)n1C. The number of alkyl halides is 3. The lowest BCUT2D eigenvalue weighted by atomic mass is 10.0. The predicted molar refractivity (Wildman–Crippen MR) is 125 cm³/mol. The lowest BCUT2D eigenvalue weighted by molar-refractivity contribution is -0.137. The lowest BCUT2D eigenvalue weighted by Crippen LogP contribution is -2.17. The first kappa shape index (κ1) is 24.3. The minimum absolute atomic E-state index is 0.0272. The van der Waals surface area contributed by atoms with Gasteiger partial charge in [-0.2, -0.15) is 13.2 Å². The minimum atomic E-state index is -4.61. The summed E-state index contributed by atoms with van der Waals surface area (Å²) < 4.78 is 43.2. The number of amides is 2. The van der Waals surface area contributed by atoms with E-state index in [0.29, 0.717) is 11.3 Å². The smallest absolute Gasteiger partial charge is 0.363 e. The fourth-order valence-electron chi connectivity index (χ4n) is 3.40. The second kappa shape index (κ2) is 9.42. The second-order valence-electron chi connectivity index (χ2n) is 7.86. The van der Waals surface area contributed by atoms with Crippen LogP contribution in [0.1, 0.15) is 43.4 Å². The van der Waals surface area contributed by atoms with Crippen LogP contribution in [0.25, 0.3) is 5.69 Å². The first-order chi connectivity index (χ1) is 17.0. The topological polar surface area (TPSA) is 108 Å². The number of halogens is 3. The fourth-order valence-corrected chi connectivity index (χ4v) is 3.40. The van der Waals surface area contributed by atoms with Gasteiger partial charge in [-0.25, -0.2) is 9.97 Å². The van der Waals surface area contributed by atoms with Crippen molar-refractivity contribution < 1.29 is 22.8 Å². The molecule has 0 unspecified atom stereocenters. The molecule has 182 valence electrons. The van der Waals surface area contributed by atoms with Crippen LogP contribution in [0.2, 0.25) is 0 Å². The first-order valence-corrected chi connectivity index (χ1v) is 10.5. The summed E-state index contributed by atoms with van der Waals surface area (Å²) in [6.45, 7) is 1.80. The van der Waals surface area contributed by atoms with Gasteiger partial charge in [-0.1, -0.05) is 12.0 Å². The van der Waals surface area contributed by atoms with E-state index in [1.54, 1.807) is 26.1 Å². The monoisotopic (exact) mass is 492 g/mol. The zero-order valence-electron chi connectivity index (χ0n) is 19.1. The van der Waals surface area contributed by atoms with Crippen molar-refractivity contribution in [3.8, 4) is 17.5 Å². The quantitative estimate of drug-likeness (QED) is 0.424. The molecule has 0 radical (unpaired) electrons. The molecule has 4 rings (SSSR count). The van der Waals surface area contributed by atoms with E-state index >= 15 is 0 Å². The number of nitrogens with one attached hydrogen (secondary N) is 1. The molecule has 0 bridgehead atoms. The van der Waals surface area contributed by atoms with Crippen LogP contribution in [-0.4, -0.2) is 30.9 Å². The van der Waals surface area contributed by atoms with E-state index < -0.39 is 23.6 Å². The maximum atomic E-state index is 13.5. The predicted octanol–water partition coefficient (Wildman–Crippen LogP) is 3.68. The molecular formula is C25H19F3N6O2. The number of hydrogen-bond acceptors (Lipinski definition) is 4. The van der Waals surface area contributed by atoms with Crippen LogP contribution in [-0.2, 0) is 13.2 Å². The molecule has 0 aliphatic carbocycles. The Balaban J connectivity index is 1.63. The molecule has 0 aliphatic heterocycles. The molecule has 36 heavy (non-hydrogen) atoms. The van der Waals surface area contributed by atoms with Gasteiger partial charge in [0, 0.05) is 41.9 Å². The van der Waals surface area contributed by atoms with Crippen molar-refractivity contribution in [1.82, 2.24) is 19.1 Å². The highest BCUT2D eigenvalue weighted by molar-refractivity contribution is 6.04. The third-order valence-electron chi connectivity index (χ3n) is 5.34. The normalized spacial score (nSPS) is 11.0. The third-order valence-corrected chi connectivity index (χ3v) is 5.34. The van der Waals surface area contributed by atoms with E-state index in [2.05, 4.69) is 27.1 Å². The van der Waals surface area contributed by atoms with Crippen molar-refractivity contribution >= 4 is 17.5 Å². The molecule has 11 heteroatoms. The third kappa shape index (κ3) is 5.12. The fraction of sp³-hybridized carbons (Fsp3) is 0.120. The summed E-state index contributed by atoms with van der Waals surface area (Å²) in [5, 5.41) is 2.53. The molecule has 2 aromatic carbocycles. The zero-order valence-corrected chi connectivity index (χ0v) is 19.1. The maximum Gasteiger partial charge on any atom is 0.416 e. The molecule has 0 saturated heterocycles. The number of rotatable bonds is 4. The van der Waals surface area contributed by atoms with Crippen LogP contribution < -0.4 is 11.1 Å². The van der Waals surface area contributed by atoms with Gasteiger partial charge in [0.2, 0.25) is 0 Å². The van der Waals surface area contributed by atoms with Gasteiger partial charge in [0.15, 0.2) is 5.82 Å². The summed E-state index contributed by atoms with van der Waals surface area (Å²) >= 11 is 0. The highest BCUT2D eigenvalue weighted by Crippen LogP contribution is 2.33. The standard InChI is InChI=1S/C25H19F3N6O2/c1-15-3-4-17(9-16(15)5-6-20-13-31-23(22(29)35)33(20)2)24(36)32-19-10-18(25(26,27)28)11-21(12-19)34-8-7-30-14-34/h3-4,7-14H,1-2H3,(H2,29,35)(H,32,36). The first-order valence-electron chi connectivity index (χ1n) is 10.5. The Kier molecular flexibility index (Phi) is 6.35. The number of imidazole rings is 2. The molecule has 0 fully saturated rings. The van der Waals surface area contributed by atoms with Crippen molar-refractivity contribution in [3.05, 3.63) is 95.1 Å². The Morgan fingerprint density at radius 3 is 2.53 bits per heavy atom. The molecule has 0 saturated carbocycles. The van der Waals surface area contributed by atoms with Gasteiger partial charge in [0.05, 0.1) is 18.1 Å². The van der Waals surface area contributed by atoms with E-state index in [1.807, 2.05) is 0 Å². The number of aryl methyl sites for hydroxylation is 1. The van der Waals surface area contributed by atoms with Crippen LogP contribution in [0, 0.1) is 18.8 Å².